The van der Waals surface area contributed by atoms with E-state index < -0.39 is 9.84 Å². The molecule has 2 aromatic carbocycles. The highest BCUT2D eigenvalue weighted by Crippen LogP contribution is 2.37. The van der Waals surface area contributed by atoms with Crippen molar-refractivity contribution >= 4 is 26.4 Å². The lowest BCUT2D eigenvalue weighted by atomic mass is 10.1. The molecule has 0 bridgehead atoms. The van der Waals surface area contributed by atoms with Crippen LogP contribution in [0.4, 0.5) is 5.69 Å². The number of rotatable bonds is 5. The highest BCUT2D eigenvalue weighted by molar-refractivity contribution is 7.91. The Morgan fingerprint density at radius 1 is 0.867 bits per heavy atom. The van der Waals surface area contributed by atoms with Gasteiger partial charge in [0, 0.05) is 19.2 Å². The van der Waals surface area contributed by atoms with Crippen molar-refractivity contribution in [2.45, 2.75) is 35.5 Å². The number of nitrogens with one attached hydrogen (secondary N) is 1. The molecule has 0 radical (unpaired) electrons. The second-order valence-electron chi connectivity index (χ2n) is 7.49. The Labute approximate surface area is 177 Å². The van der Waals surface area contributed by atoms with Crippen LogP contribution >= 0.6 is 0 Å². The number of nitrogens with zero attached hydrogens (tertiary/aromatic N) is 1. The summed E-state index contributed by atoms with van der Waals surface area (Å²) in [5, 5.41) is 0.853. The number of sulfone groups is 1. The van der Waals surface area contributed by atoms with Crippen LogP contribution in [0.1, 0.15) is 25.7 Å². The topological polar surface area (TPSA) is 70.0 Å². The monoisotopic (exact) mass is 427 g/mol. The SMILES string of the molecule is COc1ccc(S(=O)(=O)c2c[nH+]c3ccc(OC)cc3c2N2CCCCCC2)cc1. The van der Waals surface area contributed by atoms with Crippen molar-refractivity contribution in [1.82, 2.24) is 0 Å². The van der Waals surface area contributed by atoms with E-state index >= 15 is 0 Å². The molecule has 4 rings (SSSR count). The molecule has 0 spiro atoms. The lowest BCUT2D eigenvalue weighted by molar-refractivity contribution is -0.347. The number of pyridine rings is 1. The highest BCUT2D eigenvalue weighted by atomic mass is 32.2. The third-order valence-electron chi connectivity index (χ3n) is 5.66. The third kappa shape index (κ3) is 3.81. The molecular formula is C23H27N2O4S+. The van der Waals surface area contributed by atoms with Gasteiger partial charge in [-0.3, -0.25) is 0 Å². The van der Waals surface area contributed by atoms with Crippen LogP contribution in [0.3, 0.4) is 0 Å². The summed E-state index contributed by atoms with van der Waals surface area (Å²) in [6, 6.07) is 12.3. The maximum Gasteiger partial charge on any atom is 0.214 e. The number of hydrogen-bond donors (Lipinski definition) is 0. The molecule has 3 aromatic rings. The molecular weight excluding hydrogens is 400 g/mol. The molecule has 1 fully saturated rings. The molecule has 6 nitrogen and oxygen atoms in total. The number of aromatic nitrogens is 1. The van der Waals surface area contributed by atoms with Crippen molar-refractivity contribution in [3.63, 3.8) is 0 Å². The highest BCUT2D eigenvalue weighted by Gasteiger charge is 2.30. The predicted molar refractivity (Wildman–Crippen MR) is 116 cm³/mol. The number of fused-ring (bicyclic) bond motifs is 1. The number of benzene rings is 2. The van der Waals surface area contributed by atoms with Gasteiger partial charge in [0.1, 0.15) is 11.5 Å². The standard InChI is InChI=1S/C23H26N2O4S/c1-28-17-7-10-19(11-8-17)30(26,27)22-16-24-21-12-9-18(29-2)15-20(21)23(22)25-13-5-3-4-6-14-25/h7-12,15-16H,3-6,13-14H2,1-2H3/p+1. The van der Waals surface area contributed by atoms with Gasteiger partial charge in [-0.2, -0.15) is 0 Å². The van der Waals surface area contributed by atoms with Crippen molar-refractivity contribution in [3.05, 3.63) is 48.7 Å². The molecule has 0 amide bonds. The fourth-order valence-electron chi connectivity index (χ4n) is 4.02. The van der Waals surface area contributed by atoms with E-state index in [-0.39, 0.29) is 9.79 Å². The van der Waals surface area contributed by atoms with Gasteiger partial charge in [-0.1, -0.05) is 12.8 Å². The number of ether oxygens (including phenoxy) is 2. The van der Waals surface area contributed by atoms with Crippen molar-refractivity contribution < 1.29 is 22.9 Å². The van der Waals surface area contributed by atoms with Crippen molar-refractivity contribution in [2.24, 2.45) is 0 Å². The Kier molecular flexibility index (Phi) is 5.81. The van der Waals surface area contributed by atoms with Crippen LogP contribution in [0.2, 0.25) is 0 Å². The van der Waals surface area contributed by atoms with Crippen LogP contribution < -0.4 is 19.4 Å². The molecule has 30 heavy (non-hydrogen) atoms. The van der Waals surface area contributed by atoms with Gasteiger partial charge in [0.25, 0.3) is 0 Å². The zero-order valence-electron chi connectivity index (χ0n) is 17.3. The van der Waals surface area contributed by atoms with Gasteiger partial charge in [0.05, 0.1) is 30.2 Å². The summed E-state index contributed by atoms with van der Waals surface area (Å²) >= 11 is 0. The molecule has 0 atom stereocenters. The minimum atomic E-state index is -3.74. The summed E-state index contributed by atoms with van der Waals surface area (Å²) in [6.07, 6.45) is 6.04. The van der Waals surface area contributed by atoms with E-state index in [9.17, 15) is 8.42 Å². The molecule has 7 heteroatoms. The molecule has 0 unspecified atom stereocenters. The van der Waals surface area contributed by atoms with Crippen LogP contribution in [-0.4, -0.2) is 35.7 Å². The summed E-state index contributed by atoms with van der Waals surface area (Å²) in [7, 11) is -0.555. The number of hydrogen-bond acceptors (Lipinski definition) is 5. The largest absolute Gasteiger partial charge is 0.497 e. The first-order valence-corrected chi connectivity index (χ1v) is 11.7. The Morgan fingerprint density at radius 3 is 2.13 bits per heavy atom. The van der Waals surface area contributed by atoms with E-state index in [1.807, 2.05) is 18.2 Å². The minimum Gasteiger partial charge on any atom is -0.497 e. The minimum absolute atomic E-state index is 0.245. The Hall–Kier alpha value is -2.80. The number of H-pyrrole nitrogens is 1. The summed E-state index contributed by atoms with van der Waals surface area (Å²) in [6.45, 7) is 1.67. The Balaban J connectivity index is 1.94. The molecule has 1 aromatic heterocycles. The van der Waals surface area contributed by atoms with Gasteiger partial charge in [-0.25, -0.2) is 13.4 Å². The second-order valence-corrected chi connectivity index (χ2v) is 9.41. The van der Waals surface area contributed by atoms with Gasteiger partial charge in [0.2, 0.25) is 15.4 Å². The molecule has 158 valence electrons. The lowest BCUT2D eigenvalue weighted by Crippen LogP contribution is -2.27. The number of aromatic amines is 1. The van der Waals surface area contributed by atoms with Gasteiger partial charge in [0.15, 0.2) is 11.1 Å². The molecule has 1 N–H and O–H groups in total. The first-order chi connectivity index (χ1) is 14.5. The fraction of sp³-hybridized carbons (Fsp3) is 0.348. The zero-order valence-corrected chi connectivity index (χ0v) is 18.2. The van der Waals surface area contributed by atoms with Crippen LogP contribution in [-0.2, 0) is 9.84 Å². The predicted octanol–water partition coefficient (Wildman–Crippen LogP) is 3.88. The average molecular weight is 428 g/mol. The average Bonchev–Trinajstić information content (AvgIpc) is 3.07. The lowest BCUT2D eigenvalue weighted by Gasteiger charge is -2.25. The molecule has 1 aliphatic heterocycles. The molecule has 2 heterocycles. The smallest absolute Gasteiger partial charge is 0.214 e. The first-order valence-electron chi connectivity index (χ1n) is 10.2. The zero-order chi connectivity index (χ0) is 21.1. The van der Waals surface area contributed by atoms with Crippen LogP contribution in [0, 0.1) is 0 Å². The third-order valence-corrected chi connectivity index (χ3v) is 7.44. The summed E-state index contributed by atoms with van der Waals surface area (Å²) in [5.74, 6) is 1.32. The van der Waals surface area contributed by atoms with E-state index in [2.05, 4.69) is 9.88 Å². The van der Waals surface area contributed by atoms with Crippen molar-refractivity contribution in [1.29, 1.82) is 0 Å². The molecule has 0 aliphatic carbocycles. The quantitative estimate of drug-likeness (QED) is 0.618. The normalized spacial score (nSPS) is 15.1. The summed E-state index contributed by atoms with van der Waals surface area (Å²) in [5.41, 5.74) is 1.63. The fourth-order valence-corrected chi connectivity index (χ4v) is 5.48. The van der Waals surface area contributed by atoms with E-state index in [1.165, 1.54) is 0 Å². The second kappa shape index (κ2) is 8.52. The Bertz CT molecular complexity index is 1140. The van der Waals surface area contributed by atoms with E-state index in [1.54, 1.807) is 44.7 Å². The maximum atomic E-state index is 13.7. The Morgan fingerprint density at radius 2 is 1.50 bits per heavy atom. The van der Waals surface area contributed by atoms with E-state index in [0.29, 0.717) is 11.5 Å². The molecule has 1 aliphatic rings. The summed E-state index contributed by atoms with van der Waals surface area (Å²) < 4.78 is 37.9. The van der Waals surface area contributed by atoms with Crippen LogP contribution in [0.15, 0.2) is 58.5 Å². The van der Waals surface area contributed by atoms with E-state index in [4.69, 9.17) is 9.47 Å². The van der Waals surface area contributed by atoms with Crippen LogP contribution in [0.25, 0.3) is 10.9 Å². The van der Waals surface area contributed by atoms with Crippen LogP contribution in [0.5, 0.6) is 11.5 Å². The molecule has 1 saturated heterocycles. The molecule has 0 saturated carbocycles. The number of anilines is 1. The van der Waals surface area contributed by atoms with Gasteiger partial charge < -0.3 is 14.4 Å². The van der Waals surface area contributed by atoms with Gasteiger partial charge in [-0.05, 0) is 49.2 Å². The van der Waals surface area contributed by atoms with E-state index in [0.717, 1.165) is 55.4 Å². The first kappa shape index (κ1) is 20.5. The maximum absolute atomic E-state index is 13.7. The van der Waals surface area contributed by atoms with Crippen molar-refractivity contribution in [2.75, 3.05) is 32.2 Å². The number of methoxy groups -OCH3 is 2. The summed E-state index contributed by atoms with van der Waals surface area (Å²) in [4.78, 5) is 5.93. The van der Waals surface area contributed by atoms with Crippen molar-refractivity contribution in [3.8, 4) is 11.5 Å². The van der Waals surface area contributed by atoms with Gasteiger partial charge in [-0.15, -0.1) is 0 Å². The van der Waals surface area contributed by atoms with Gasteiger partial charge >= 0.3 is 0 Å².